The molecular weight excluding hydrogens is 162 g/mol. The van der Waals surface area contributed by atoms with Gasteiger partial charge in [0, 0.05) is 19.1 Å². The maximum Gasteiger partial charge on any atom is 0.0734 e. The van der Waals surface area contributed by atoms with Gasteiger partial charge in [0.15, 0.2) is 0 Å². The maximum absolute atomic E-state index is 5.61. The third-order valence-corrected chi connectivity index (χ3v) is 2.10. The number of likely N-dealkylation sites (N-methyl/N-ethyl adjacent to an activating group) is 1. The molecule has 0 aliphatic carbocycles. The Balaban J connectivity index is 4.04. The Kier molecular flexibility index (Phi) is 7.77. The fraction of sp³-hybridized carbons (Fsp3) is 0.818. The van der Waals surface area contributed by atoms with Crippen LogP contribution < -0.4 is 5.32 Å². The van der Waals surface area contributed by atoms with E-state index >= 15 is 0 Å². The molecule has 2 nitrogen and oxygen atoms in total. The number of hydrogen-bond donors (Lipinski definition) is 1. The van der Waals surface area contributed by atoms with Crippen LogP contribution in [0.2, 0.25) is 0 Å². The van der Waals surface area contributed by atoms with Gasteiger partial charge in [-0.3, -0.25) is 0 Å². The SMILES string of the molecule is CC#CCC(NC)C(CC)OCC. The molecule has 0 aromatic rings. The predicted octanol–water partition coefficient (Wildman–Crippen LogP) is 1.80. The second-order valence-corrected chi connectivity index (χ2v) is 2.93. The summed E-state index contributed by atoms with van der Waals surface area (Å²) in [5.74, 6) is 5.99. The van der Waals surface area contributed by atoms with Crippen LogP contribution in [0.5, 0.6) is 0 Å². The van der Waals surface area contributed by atoms with Gasteiger partial charge in [0.2, 0.25) is 0 Å². The molecule has 0 aromatic heterocycles. The Morgan fingerprint density at radius 1 is 1.38 bits per heavy atom. The fourth-order valence-corrected chi connectivity index (χ4v) is 1.36. The summed E-state index contributed by atoms with van der Waals surface area (Å²) in [6.45, 7) is 6.81. The third-order valence-electron chi connectivity index (χ3n) is 2.10. The van der Waals surface area contributed by atoms with Crippen molar-refractivity contribution in [3.8, 4) is 11.8 Å². The van der Waals surface area contributed by atoms with Gasteiger partial charge in [-0.15, -0.1) is 11.8 Å². The Labute approximate surface area is 82.1 Å². The molecule has 2 atom stereocenters. The van der Waals surface area contributed by atoms with Gasteiger partial charge < -0.3 is 10.1 Å². The zero-order valence-corrected chi connectivity index (χ0v) is 9.18. The van der Waals surface area contributed by atoms with Crippen LogP contribution in [0.3, 0.4) is 0 Å². The molecule has 0 fully saturated rings. The lowest BCUT2D eigenvalue weighted by atomic mass is 10.1. The highest BCUT2D eigenvalue weighted by Gasteiger charge is 2.16. The molecule has 0 rings (SSSR count). The van der Waals surface area contributed by atoms with Crippen LogP contribution in [0.1, 0.15) is 33.6 Å². The first kappa shape index (κ1) is 12.5. The highest BCUT2D eigenvalue weighted by Crippen LogP contribution is 2.07. The van der Waals surface area contributed by atoms with E-state index in [1.807, 2.05) is 20.9 Å². The molecule has 0 aromatic carbocycles. The minimum atomic E-state index is 0.288. The molecule has 0 radical (unpaired) electrons. The molecule has 2 heteroatoms. The topological polar surface area (TPSA) is 21.3 Å². The van der Waals surface area contributed by atoms with Crippen LogP contribution in [-0.2, 0) is 4.74 Å². The molecule has 0 saturated carbocycles. The van der Waals surface area contributed by atoms with Crippen molar-refractivity contribution in [1.29, 1.82) is 0 Å². The minimum Gasteiger partial charge on any atom is -0.377 e. The van der Waals surface area contributed by atoms with Crippen molar-refractivity contribution in [1.82, 2.24) is 5.32 Å². The van der Waals surface area contributed by atoms with E-state index < -0.39 is 0 Å². The predicted molar refractivity (Wildman–Crippen MR) is 56.6 cm³/mol. The molecule has 0 heterocycles. The Bertz CT molecular complexity index is 169. The average molecular weight is 183 g/mol. The van der Waals surface area contributed by atoms with E-state index in [0.29, 0.717) is 6.04 Å². The van der Waals surface area contributed by atoms with Crippen LogP contribution in [0.15, 0.2) is 0 Å². The van der Waals surface area contributed by atoms with Gasteiger partial charge in [-0.05, 0) is 27.3 Å². The van der Waals surface area contributed by atoms with Gasteiger partial charge in [0.05, 0.1) is 6.10 Å². The number of hydrogen-bond acceptors (Lipinski definition) is 2. The Morgan fingerprint density at radius 3 is 2.46 bits per heavy atom. The van der Waals surface area contributed by atoms with Crippen molar-refractivity contribution >= 4 is 0 Å². The van der Waals surface area contributed by atoms with Crippen LogP contribution in [0, 0.1) is 11.8 Å². The lowest BCUT2D eigenvalue weighted by Gasteiger charge is -2.23. The second kappa shape index (κ2) is 8.10. The molecule has 0 aliphatic rings. The smallest absolute Gasteiger partial charge is 0.0734 e. The molecule has 0 aliphatic heterocycles. The third kappa shape index (κ3) is 4.92. The average Bonchev–Trinajstić information content (AvgIpc) is 2.17. The second-order valence-electron chi connectivity index (χ2n) is 2.93. The summed E-state index contributed by atoms with van der Waals surface area (Å²) < 4.78 is 5.61. The first-order valence-electron chi connectivity index (χ1n) is 4.98. The number of rotatable bonds is 6. The molecule has 2 unspecified atom stereocenters. The van der Waals surface area contributed by atoms with Crippen molar-refractivity contribution in [3.63, 3.8) is 0 Å². The summed E-state index contributed by atoms with van der Waals surface area (Å²) in [6, 6.07) is 0.359. The lowest BCUT2D eigenvalue weighted by molar-refractivity contribution is 0.0351. The molecule has 0 amide bonds. The van der Waals surface area contributed by atoms with Crippen molar-refractivity contribution < 1.29 is 4.74 Å². The van der Waals surface area contributed by atoms with E-state index in [1.165, 1.54) is 0 Å². The summed E-state index contributed by atoms with van der Waals surface area (Å²) in [6.07, 6.45) is 2.19. The maximum atomic E-state index is 5.61. The highest BCUT2D eigenvalue weighted by molar-refractivity contribution is 4.99. The largest absolute Gasteiger partial charge is 0.377 e. The first-order valence-corrected chi connectivity index (χ1v) is 4.98. The summed E-state index contributed by atoms with van der Waals surface area (Å²) in [4.78, 5) is 0. The lowest BCUT2D eigenvalue weighted by Crippen LogP contribution is -2.38. The van der Waals surface area contributed by atoms with Crippen LogP contribution in [0.25, 0.3) is 0 Å². The van der Waals surface area contributed by atoms with Gasteiger partial charge in [-0.25, -0.2) is 0 Å². The highest BCUT2D eigenvalue weighted by atomic mass is 16.5. The summed E-state index contributed by atoms with van der Waals surface area (Å²) in [7, 11) is 1.96. The van der Waals surface area contributed by atoms with Gasteiger partial charge in [0.1, 0.15) is 0 Å². The van der Waals surface area contributed by atoms with E-state index in [9.17, 15) is 0 Å². The van der Waals surface area contributed by atoms with Gasteiger partial charge in [0.25, 0.3) is 0 Å². The monoisotopic (exact) mass is 183 g/mol. The molecular formula is C11H21NO. The summed E-state index contributed by atoms with van der Waals surface area (Å²) in [5, 5.41) is 3.25. The molecule has 0 bridgehead atoms. The van der Waals surface area contributed by atoms with E-state index in [0.717, 1.165) is 19.4 Å². The molecule has 76 valence electrons. The van der Waals surface area contributed by atoms with Gasteiger partial charge in [-0.1, -0.05) is 6.92 Å². The van der Waals surface area contributed by atoms with Crippen LogP contribution in [0.4, 0.5) is 0 Å². The van der Waals surface area contributed by atoms with Crippen molar-refractivity contribution in [2.45, 2.75) is 45.8 Å². The zero-order chi connectivity index (χ0) is 10.1. The number of nitrogens with one attached hydrogen (secondary N) is 1. The van der Waals surface area contributed by atoms with E-state index in [4.69, 9.17) is 4.74 Å². The van der Waals surface area contributed by atoms with Crippen LogP contribution >= 0.6 is 0 Å². The molecule has 13 heavy (non-hydrogen) atoms. The van der Waals surface area contributed by atoms with Crippen LogP contribution in [-0.4, -0.2) is 25.8 Å². The van der Waals surface area contributed by atoms with E-state index in [-0.39, 0.29) is 6.10 Å². The standard InChI is InChI=1S/C11H21NO/c1-5-8-9-10(12-4)11(6-2)13-7-3/h10-12H,6-7,9H2,1-4H3. The Hall–Kier alpha value is -0.520. The molecule has 0 spiro atoms. The summed E-state index contributed by atoms with van der Waals surface area (Å²) >= 11 is 0. The molecule has 0 saturated heterocycles. The van der Waals surface area contributed by atoms with Crippen molar-refractivity contribution in [2.75, 3.05) is 13.7 Å². The van der Waals surface area contributed by atoms with E-state index in [1.54, 1.807) is 0 Å². The minimum absolute atomic E-state index is 0.288. The summed E-state index contributed by atoms with van der Waals surface area (Å²) in [5.41, 5.74) is 0. The fourth-order valence-electron chi connectivity index (χ4n) is 1.36. The normalized spacial score (nSPS) is 14.5. The Morgan fingerprint density at radius 2 is 2.08 bits per heavy atom. The van der Waals surface area contributed by atoms with Crippen molar-refractivity contribution in [2.24, 2.45) is 0 Å². The van der Waals surface area contributed by atoms with E-state index in [2.05, 4.69) is 24.1 Å². The van der Waals surface area contributed by atoms with Gasteiger partial charge in [-0.2, -0.15) is 0 Å². The number of ether oxygens (including phenoxy) is 1. The zero-order valence-electron chi connectivity index (χ0n) is 9.18. The van der Waals surface area contributed by atoms with Gasteiger partial charge >= 0.3 is 0 Å². The first-order chi connectivity index (χ1) is 6.29. The quantitative estimate of drug-likeness (QED) is 0.634. The van der Waals surface area contributed by atoms with Crippen molar-refractivity contribution in [3.05, 3.63) is 0 Å². The molecule has 1 N–H and O–H groups in total.